The molecule has 80 valence electrons. The molecule has 0 bridgehead atoms. The van der Waals surface area contributed by atoms with Gasteiger partial charge in [0.15, 0.2) is 0 Å². The predicted molar refractivity (Wildman–Crippen MR) is 50.9 cm³/mol. The molecule has 5 heteroatoms. The van der Waals surface area contributed by atoms with Gasteiger partial charge >= 0.3 is 5.97 Å². The highest BCUT2D eigenvalue weighted by atomic mass is 16.4. The molecule has 0 radical (unpaired) electrons. The summed E-state index contributed by atoms with van der Waals surface area (Å²) in [5.74, 6) is -1.04. The van der Waals surface area contributed by atoms with Gasteiger partial charge in [0.25, 0.3) is 0 Å². The SMILES string of the molecule is CC(C)N1C(=O)CN(C)CC1C(=O)O. The Labute approximate surface area is 83.3 Å². The van der Waals surface area contributed by atoms with Gasteiger partial charge < -0.3 is 10.0 Å². The van der Waals surface area contributed by atoms with E-state index in [1.807, 2.05) is 13.8 Å². The van der Waals surface area contributed by atoms with E-state index in [-0.39, 0.29) is 11.9 Å². The number of hydrogen-bond donors (Lipinski definition) is 1. The van der Waals surface area contributed by atoms with Gasteiger partial charge in [-0.05, 0) is 20.9 Å². The van der Waals surface area contributed by atoms with Crippen molar-refractivity contribution in [1.82, 2.24) is 9.80 Å². The standard InChI is InChI=1S/C9H16N2O3/c1-6(2)11-7(9(13)14)4-10(3)5-8(11)12/h6-7H,4-5H2,1-3H3,(H,13,14). The van der Waals surface area contributed by atoms with Gasteiger partial charge in [-0.15, -0.1) is 0 Å². The van der Waals surface area contributed by atoms with Crippen molar-refractivity contribution in [2.24, 2.45) is 0 Å². The lowest BCUT2D eigenvalue weighted by Crippen LogP contribution is -2.60. The average molecular weight is 200 g/mol. The molecular weight excluding hydrogens is 184 g/mol. The van der Waals surface area contributed by atoms with Crippen LogP contribution in [0.3, 0.4) is 0 Å². The van der Waals surface area contributed by atoms with Crippen LogP contribution in [0, 0.1) is 0 Å². The third kappa shape index (κ3) is 2.04. The number of carboxylic acid groups (broad SMARTS) is 1. The first-order valence-electron chi connectivity index (χ1n) is 4.66. The molecule has 1 fully saturated rings. The molecule has 14 heavy (non-hydrogen) atoms. The number of carbonyl (C=O) groups excluding carboxylic acids is 1. The third-order valence-corrected chi connectivity index (χ3v) is 2.35. The zero-order chi connectivity index (χ0) is 10.9. The molecule has 1 heterocycles. The van der Waals surface area contributed by atoms with Gasteiger partial charge in [0.1, 0.15) is 6.04 Å². The minimum Gasteiger partial charge on any atom is -0.480 e. The van der Waals surface area contributed by atoms with Crippen LogP contribution in [0.15, 0.2) is 0 Å². The fourth-order valence-electron chi connectivity index (χ4n) is 1.78. The minimum absolute atomic E-state index is 0.0581. The van der Waals surface area contributed by atoms with Gasteiger partial charge in [0.2, 0.25) is 5.91 Å². The van der Waals surface area contributed by atoms with E-state index < -0.39 is 12.0 Å². The van der Waals surface area contributed by atoms with Crippen LogP contribution in [0.5, 0.6) is 0 Å². The lowest BCUT2D eigenvalue weighted by molar-refractivity contribution is -0.157. The van der Waals surface area contributed by atoms with Crippen LogP contribution in [0.2, 0.25) is 0 Å². The minimum atomic E-state index is -0.932. The molecule has 0 aromatic heterocycles. The van der Waals surface area contributed by atoms with Crippen LogP contribution in [0.25, 0.3) is 0 Å². The van der Waals surface area contributed by atoms with Crippen LogP contribution in [0.4, 0.5) is 0 Å². The molecule has 0 saturated carbocycles. The molecule has 0 aromatic rings. The van der Waals surface area contributed by atoms with Crippen molar-refractivity contribution >= 4 is 11.9 Å². The smallest absolute Gasteiger partial charge is 0.327 e. The van der Waals surface area contributed by atoms with Crippen LogP contribution < -0.4 is 0 Å². The van der Waals surface area contributed by atoms with Gasteiger partial charge in [0, 0.05) is 12.6 Å². The highest BCUT2D eigenvalue weighted by Crippen LogP contribution is 2.13. The first-order chi connectivity index (χ1) is 6.43. The summed E-state index contributed by atoms with van der Waals surface area (Å²) in [7, 11) is 1.76. The molecule has 1 N–H and O–H groups in total. The largest absolute Gasteiger partial charge is 0.480 e. The van der Waals surface area contributed by atoms with Crippen molar-refractivity contribution in [3.63, 3.8) is 0 Å². The zero-order valence-corrected chi connectivity index (χ0v) is 8.73. The van der Waals surface area contributed by atoms with Gasteiger partial charge in [-0.2, -0.15) is 0 Å². The Morgan fingerprint density at radius 1 is 1.57 bits per heavy atom. The van der Waals surface area contributed by atoms with E-state index in [2.05, 4.69) is 0 Å². The van der Waals surface area contributed by atoms with Crippen LogP contribution >= 0.6 is 0 Å². The number of piperazine rings is 1. The van der Waals surface area contributed by atoms with Crippen molar-refractivity contribution in [3.8, 4) is 0 Å². The number of aliphatic carboxylic acids is 1. The maximum Gasteiger partial charge on any atom is 0.327 e. The number of amides is 1. The first-order valence-corrected chi connectivity index (χ1v) is 4.66. The Morgan fingerprint density at radius 2 is 2.14 bits per heavy atom. The number of rotatable bonds is 2. The summed E-state index contributed by atoms with van der Waals surface area (Å²) in [5, 5.41) is 8.97. The molecule has 5 nitrogen and oxygen atoms in total. The molecule has 1 amide bonds. The Balaban J connectivity index is 2.86. The zero-order valence-electron chi connectivity index (χ0n) is 8.73. The van der Waals surface area contributed by atoms with Crippen molar-refractivity contribution in [1.29, 1.82) is 0 Å². The van der Waals surface area contributed by atoms with E-state index in [4.69, 9.17) is 5.11 Å². The van der Waals surface area contributed by atoms with E-state index >= 15 is 0 Å². The summed E-state index contributed by atoms with van der Waals surface area (Å²) < 4.78 is 0. The topological polar surface area (TPSA) is 60.9 Å². The van der Waals surface area contributed by atoms with Gasteiger partial charge in [0.05, 0.1) is 6.54 Å². The Kier molecular flexibility index (Phi) is 3.10. The summed E-state index contributed by atoms with van der Waals surface area (Å²) in [4.78, 5) is 25.7. The van der Waals surface area contributed by atoms with Gasteiger partial charge in [-0.3, -0.25) is 9.69 Å². The molecule has 1 saturated heterocycles. The molecule has 1 rings (SSSR count). The fraction of sp³-hybridized carbons (Fsp3) is 0.778. The highest BCUT2D eigenvalue weighted by Gasteiger charge is 2.36. The van der Waals surface area contributed by atoms with E-state index in [9.17, 15) is 9.59 Å². The van der Waals surface area contributed by atoms with Crippen molar-refractivity contribution in [3.05, 3.63) is 0 Å². The molecule has 1 aliphatic heterocycles. The van der Waals surface area contributed by atoms with E-state index in [0.717, 1.165) is 0 Å². The van der Waals surface area contributed by atoms with Crippen molar-refractivity contribution < 1.29 is 14.7 Å². The number of likely N-dealkylation sites (N-methyl/N-ethyl adjacent to an activating group) is 1. The second-order valence-electron chi connectivity index (χ2n) is 3.95. The van der Waals surface area contributed by atoms with Crippen LogP contribution in [-0.4, -0.2) is 59.0 Å². The molecule has 0 aliphatic carbocycles. The summed E-state index contributed by atoms with van der Waals surface area (Å²) in [5.41, 5.74) is 0. The first kappa shape index (κ1) is 11.0. The predicted octanol–water partition coefficient (Wildman–Crippen LogP) is -0.378. The molecule has 1 atom stereocenters. The lowest BCUT2D eigenvalue weighted by Gasteiger charge is -2.39. The molecule has 1 unspecified atom stereocenters. The molecular formula is C9H16N2O3. The Morgan fingerprint density at radius 3 is 2.57 bits per heavy atom. The average Bonchev–Trinajstić information content (AvgIpc) is 2.01. The summed E-state index contributed by atoms with van der Waals surface area (Å²) in [6, 6.07) is -0.765. The highest BCUT2D eigenvalue weighted by molar-refractivity contribution is 5.86. The van der Waals surface area contributed by atoms with Crippen LogP contribution in [0.1, 0.15) is 13.8 Å². The lowest BCUT2D eigenvalue weighted by atomic mass is 10.1. The van der Waals surface area contributed by atoms with Gasteiger partial charge in [-0.25, -0.2) is 4.79 Å². The Bertz CT molecular complexity index is 252. The molecule has 0 aromatic carbocycles. The van der Waals surface area contributed by atoms with Crippen LogP contribution in [-0.2, 0) is 9.59 Å². The molecule has 0 spiro atoms. The van der Waals surface area contributed by atoms with E-state index in [1.165, 1.54) is 4.90 Å². The van der Waals surface area contributed by atoms with E-state index in [1.54, 1.807) is 11.9 Å². The second-order valence-corrected chi connectivity index (χ2v) is 3.95. The van der Waals surface area contributed by atoms with Crippen molar-refractivity contribution in [2.45, 2.75) is 25.9 Å². The normalized spacial score (nSPS) is 24.4. The number of carboxylic acids is 1. The second kappa shape index (κ2) is 3.96. The molecule has 1 aliphatic rings. The maximum absolute atomic E-state index is 11.6. The number of nitrogens with zero attached hydrogens (tertiary/aromatic N) is 2. The maximum atomic E-state index is 11.6. The van der Waals surface area contributed by atoms with Gasteiger partial charge in [-0.1, -0.05) is 0 Å². The number of carbonyl (C=O) groups is 2. The summed E-state index contributed by atoms with van der Waals surface area (Å²) >= 11 is 0. The van der Waals surface area contributed by atoms with Crippen molar-refractivity contribution in [2.75, 3.05) is 20.1 Å². The Hall–Kier alpha value is -1.10. The third-order valence-electron chi connectivity index (χ3n) is 2.35. The summed E-state index contributed by atoms with van der Waals surface area (Å²) in [6.45, 7) is 4.37. The monoisotopic (exact) mass is 200 g/mol. The summed E-state index contributed by atoms with van der Waals surface area (Å²) in [6.07, 6.45) is 0. The fourth-order valence-corrected chi connectivity index (χ4v) is 1.78. The number of hydrogen-bond acceptors (Lipinski definition) is 3. The quantitative estimate of drug-likeness (QED) is 0.660. The van der Waals surface area contributed by atoms with E-state index in [0.29, 0.717) is 13.1 Å².